The largest absolute Gasteiger partial charge is 0.298 e. The van der Waals surface area contributed by atoms with Crippen LogP contribution in [-0.4, -0.2) is 6.29 Å². The third-order valence-electron chi connectivity index (χ3n) is 1.41. The first-order valence-corrected chi connectivity index (χ1v) is 4.37. The number of halogens is 1. The van der Waals surface area contributed by atoms with Gasteiger partial charge < -0.3 is 0 Å². The van der Waals surface area contributed by atoms with E-state index in [1.165, 1.54) is 0 Å². The van der Waals surface area contributed by atoms with Gasteiger partial charge in [0.2, 0.25) is 0 Å². The fourth-order valence-electron chi connectivity index (χ4n) is 0.803. The minimum absolute atomic E-state index is 0.475. The fraction of sp³-hybridized carbons (Fsp3) is 0. The quantitative estimate of drug-likeness (QED) is 0.406. The number of allylic oxidation sites excluding steroid dienone is 1. The van der Waals surface area contributed by atoms with Gasteiger partial charge in [-0.1, -0.05) is 41.9 Å². The Morgan fingerprint density at radius 3 is 2.42 bits per heavy atom. The minimum Gasteiger partial charge on any atom is -0.298 e. The maximum atomic E-state index is 10.4. The molecule has 0 saturated heterocycles. The molecule has 1 aromatic rings. The van der Waals surface area contributed by atoms with Crippen LogP contribution in [0.25, 0.3) is 5.03 Å². The zero-order valence-electron chi connectivity index (χ0n) is 6.33. The van der Waals surface area contributed by atoms with Gasteiger partial charge >= 0.3 is 0 Å². The highest BCUT2D eigenvalue weighted by atomic mass is 35.5. The van der Waals surface area contributed by atoms with Crippen LogP contribution < -0.4 is 0 Å². The average Bonchev–Trinajstić information content (AvgIpc) is 2.17. The van der Waals surface area contributed by atoms with Crippen molar-refractivity contribution < 1.29 is 4.79 Å². The van der Waals surface area contributed by atoms with Crippen LogP contribution in [0.1, 0.15) is 5.56 Å². The predicted octanol–water partition coefficient (Wildman–Crippen LogP) is 2.67. The van der Waals surface area contributed by atoms with Gasteiger partial charge in [0.1, 0.15) is 0 Å². The van der Waals surface area contributed by atoms with Crippen LogP contribution in [0.2, 0.25) is 0 Å². The summed E-state index contributed by atoms with van der Waals surface area (Å²) >= 11 is 5.88. The highest BCUT2D eigenvalue weighted by Crippen LogP contribution is 2.24. The molecule has 62 valence electrons. The Morgan fingerprint density at radius 1 is 1.33 bits per heavy atom. The Hall–Kier alpha value is -0.650. The van der Waals surface area contributed by atoms with Crippen molar-refractivity contribution in [1.29, 1.82) is 0 Å². The van der Waals surface area contributed by atoms with Gasteiger partial charge in [-0.25, -0.2) is 0 Å². The number of hydrogen-bond donors (Lipinski definition) is 0. The van der Waals surface area contributed by atoms with Crippen LogP contribution in [0.3, 0.4) is 0 Å². The van der Waals surface area contributed by atoms with Gasteiger partial charge in [-0.3, -0.25) is 4.79 Å². The Labute approximate surface area is 78.6 Å². The van der Waals surface area contributed by atoms with Crippen molar-refractivity contribution >= 4 is 32.2 Å². The van der Waals surface area contributed by atoms with Crippen molar-refractivity contribution in [2.24, 2.45) is 0 Å². The summed E-state index contributed by atoms with van der Waals surface area (Å²) in [6, 6.07) is 9.36. The van der Waals surface area contributed by atoms with Gasteiger partial charge in [0, 0.05) is 5.31 Å². The number of carbonyl (C=O) groups excluding carboxylic acids is 1. The third-order valence-corrected chi connectivity index (χ3v) is 2.45. The maximum Gasteiger partial charge on any atom is 0.151 e. The number of benzene rings is 1. The molecule has 12 heavy (non-hydrogen) atoms. The normalized spacial score (nSPS) is 12.2. The fourth-order valence-corrected chi connectivity index (χ4v) is 1.14. The summed E-state index contributed by atoms with van der Waals surface area (Å²) in [4.78, 5) is 10.4. The first kappa shape index (κ1) is 9.44. The molecule has 0 aliphatic heterocycles. The molecule has 0 heterocycles. The lowest BCUT2D eigenvalue weighted by Crippen LogP contribution is -1.80. The molecular weight excluding hydrogens is 191 g/mol. The lowest BCUT2D eigenvalue weighted by Gasteiger charge is -1.98. The van der Waals surface area contributed by atoms with Crippen LogP contribution >= 0.6 is 20.8 Å². The van der Waals surface area contributed by atoms with E-state index in [1.54, 1.807) is 0 Å². The van der Waals surface area contributed by atoms with Crippen LogP contribution in [-0.2, 0) is 4.79 Å². The second-order valence-corrected chi connectivity index (χ2v) is 3.25. The number of carbonyl (C=O) groups is 1. The SMILES string of the molecule is O=C/C(P)=C(\Cl)c1ccccc1. The topological polar surface area (TPSA) is 17.1 Å². The first-order valence-electron chi connectivity index (χ1n) is 3.41. The standard InChI is InChI=1S/C9H8ClOP/c10-9(8(12)6-11)7-4-2-1-3-5-7/h1-6H,12H2/b9-8+. The monoisotopic (exact) mass is 198 g/mol. The van der Waals surface area contributed by atoms with E-state index in [0.29, 0.717) is 10.3 Å². The van der Waals surface area contributed by atoms with Crippen molar-refractivity contribution in [3.63, 3.8) is 0 Å². The summed E-state index contributed by atoms with van der Waals surface area (Å²) in [6.07, 6.45) is 0.722. The maximum absolute atomic E-state index is 10.4. The molecule has 3 heteroatoms. The summed E-state index contributed by atoms with van der Waals surface area (Å²) in [7, 11) is 2.30. The molecule has 0 bridgehead atoms. The smallest absolute Gasteiger partial charge is 0.151 e. The van der Waals surface area contributed by atoms with Gasteiger partial charge in [-0.15, -0.1) is 9.24 Å². The molecule has 0 amide bonds. The van der Waals surface area contributed by atoms with Crippen molar-refractivity contribution in [2.75, 3.05) is 0 Å². The van der Waals surface area contributed by atoms with E-state index >= 15 is 0 Å². The zero-order valence-corrected chi connectivity index (χ0v) is 8.24. The van der Waals surface area contributed by atoms with Crippen LogP contribution in [0.15, 0.2) is 35.6 Å². The second-order valence-electron chi connectivity index (χ2n) is 2.25. The molecule has 0 radical (unpaired) electrons. The molecule has 0 fully saturated rings. The molecule has 0 aliphatic carbocycles. The van der Waals surface area contributed by atoms with E-state index in [1.807, 2.05) is 30.3 Å². The summed E-state index contributed by atoms with van der Waals surface area (Å²) in [5.41, 5.74) is 0.858. The lowest BCUT2D eigenvalue weighted by molar-refractivity contribution is -0.104. The van der Waals surface area contributed by atoms with Crippen LogP contribution in [0.5, 0.6) is 0 Å². The highest BCUT2D eigenvalue weighted by Gasteiger charge is 2.00. The predicted molar refractivity (Wildman–Crippen MR) is 55.0 cm³/mol. The van der Waals surface area contributed by atoms with Gasteiger partial charge in [0.05, 0.1) is 5.03 Å². The number of rotatable bonds is 2. The average molecular weight is 199 g/mol. The molecule has 1 unspecified atom stereocenters. The van der Waals surface area contributed by atoms with Gasteiger partial charge in [-0.2, -0.15) is 0 Å². The van der Waals surface area contributed by atoms with Crippen molar-refractivity contribution in [3.05, 3.63) is 41.2 Å². The first-order chi connectivity index (χ1) is 5.75. The molecule has 0 saturated carbocycles. The highest BCUT2D eigenvalue weighted by molar-refractivity contribution is 7.25. The Kier molecular flexibility index (Phi) is 3.46. The van der Waals surface area contributed by atoms with Crippen molar-refractivity contribution in [2.45, 2.75) is 0 Å². The lowest BCUT2D eigenvalue weighted by atomic mass is 10.2. The third kappa shape index (κ3) is 2.17. The second kappa shape index (κ2) is 4.39. The van der Waals surface area contributed by atoms with Crippen molar-refractivity contribution in [3.8, 4) is 0 Å². The summed E-state index contributed by atoms with van der Waals surface area (Å²) in [6.45, 7) is 0. The molecule has 1 atom stereocenters. The van der Waals surface area contributed by atoms with Gasteiger partial charge in [-0.05, 0) is 5.56 Å². The van der Waals surface area contributed by atoms with Crippen LogP contribution in [0, 0.1) is 0 Å². The van der Waals surface area contributed by atoms with Crippen molar-refractivity contribution in [1.82, 2.24) is 0 Å². The molecule has 0 aliphatic rings. The molecule has 1 nitrogen and oxygen atoms in total. The van der Waals surface area contributed by atoms with E-state index in [4.69, 9.17) is 11.6 Å². The number of aldehydes is 1. The van der Waals surface area contributed by atoms with E-state index in [-0.39, 0.29) is 0 Å². The van der Waals surface area contributed by atoms with E-state index in [9.17, 15) is 4.79 Å². The Bertz CT molecular complexity index is 306. The van der Waals surface area contributed by atoms with E-state index in [0.717, 1.165) is 11.8 Å². The molecule has 0 N–H and O–H groups in total. The summed E-state index contributed by atoms with van der Waals surface area (Å²) < 4.78 is 0. The molecular formula is C9H8ClOP. The molecule has 0 aromatic heterocycles. The Morgan fingerprint density at radius 2 is 1.92 bits per heavy atom. The minimum atomic E-state index is 0.475. The Balaban J connectivity index is 3.08. The molecule has 0 spiro atoms. The van der Waals surface area contributed by atoms with Gasteiger partial charge in [0.15, 0.2) is 6.29 Å². The van der Waals surface area contributed by atoms with Gasteiger partial charge in [0.25, 0.3) is 0 Å². The van der Waals surface area contributed by atoms with E-state index < -0.39 is 0 Å². The zero-order chi connectivity index (χ0) is 8.97. The summed E-state index contributed by atoms with van der Waals surface area (Å²) in [5.74, 6) is 0. The molecule has 1 aromatic carbocycles. The van der Waals surface area contributed by atoms with E-state index in [2.05, 4.69) is 9.24 Å². The van der Waals surface area contributed by atoms with Crippen LogP contribution in [0.4, 0.5) is 0 Å². The number of hydrogen-bond acceptors (Lipinski definition) is 1. The molecule has 1 rings (SSSR count). The summed E-state index contributed by atoms with van der Waals surface area (Å²) in [5, 5.41) is 0.957.